The molecule has 3 fully saturated rings. The molecule has 1 N–H and O–H groups in total. The van der Waals surface area contributed by atoms with E-state index in [1.54, 1.807) is 12.1 Å². The third-order valence-electron chi connectivity index (χ3n) is 5.56. The largest absolute Gasteiger partial charge is 0.326 e. The van der Waals surface area contributed by atoms with E-state index >= 15 is 0 Å². The van der Waals surface area contributed by atoms with E-state index in [2.05, 4.69) is 10.2 Å². The van der Waals surface area contributed by atoms with E-state index in [1.807, 2.05) is 24.3 Å². The molecule has 0 radical (unpaired) electrons. The summed E-state index contributed by atoms with van der Waals surface area (Å²) in [6, 6.07) is 14.1. The van der Waals surface area contributed by atoms with Crippen molar-refractivity contribution >= 4 is 24.0 Å². The molecule has 2 aromatic rings. The number of benzene rings is 2. The molecule has 5 rings (SSSR count). The first-order valence-corrected chi connectivity index (χ1v) is 9.05. The van der Waals surface area contributed by atoms with Crippen molar-refractivity contribution in [2.45, 2.75) is 19.3 Å². The molecule has 26 heavy (non-hydrogen) atoms. The van der Waals surface area contributed by atoms with Gasteiger partial charge in [-0.15, -0.1) is 12.4 Å². The van der Waals surface area contributed by atoms with E-state index in [0.29, 0.717) is 18.3 Å². The molecule has 0 saturated carbocycles. The lowest BCUT2D eigenvalue weighted by Gasteiger charge is -2.44. The molecule has 3 aliphatic rings. The Balaban J connectivity index is 0.00000196. The van der Waals surface area contributed by atoms with E-state index in [-0.39, 0.29) is 24.1 Å². The summed E-state index contributed by atoms with van der Waals surface area (Å²) >= 11 is 0. The minimum atomic E-state index is -0.245. The molecular formula is C21H24ClFN2O. The summed E-state index contributed by atoms with van der Waals surface area (Å²) in [4.78, 5) is 14.9. The van der Waals surface area contributed by atoms with Crippen LogP contribution >= 0.6 is 12.4 Å². The first kappa shape index (κ1) is 18.9. The maximum Gasteiger partial charge on any atom is 0.224 e. The highest BCUT2D eigenvalue weighted by Gasteiger charge is 2.34. The number of anilines is 1. The van der Waals surface area contributed by atoms with E-state index in [0.717, 1.165) is 23.4 Å². The molecule has 3 heterocycles. The number of carbonyl (C=O) groups is 1. The van der Waals surface area contributed by atoms with Crippen LogP contribution < -0.4 is 5.32 Å². The molecule has 2 aromatic carbocycles. The highest BCUT2D eigenvalue weighted by Crippen LogP contribution is 2.34. The molecule has 1 unspecified atom stereocenters. The standard InChI is InChI=1S/C21H23FN2O.ClH/c22-19-6-4-15(5-7-19)17-2-1-3-20(12-17)23-21(25)13-18-14-24-10-8-16(18)9-11-24;/h1-7,12,16,18H,8-11,13-14H2,(H,23,25);1H. The summed E-state index contributed by atoms with van der Waals surface area (Å²) < 4.78 is 13.1. The number of nitrogens with one attached hydrogen (secondary N) is 1. The maximum absolute atomic E-state index is 13.1. The zero-order valence-electron chi connectivity index (χ0n) is 14.7. The third-order valence-corrected chi connectivity index (χ3v) is 5.56. The molecule has 3 aliphatic heterocycles. The van der Waals surface area contributed by atoms with Crippen molar-refractivity contribution in [1.29, 1.82) is 0 Å². The summed E-state index contributed by atoms with van der Waals surface area (Å²) in [5.74, 6) is 1.05. The average Bonchev–Trinajstić information content (AvgIpc) is 2.63. The van der Waals surface area contributed by atoms with E-state index in [1.165, 1.54) is 38.1 Å². The van der Waals surface area contributed by atoms with Gasteiger partial charge in [-0.25, -0.2) is 4.39 Å². The second-order valence-electron chi connectivity index (χ2n) is 7.24. The predicted octanol–water partition coefficient (Wildman–Crippen LogP) is 4.58. The number of hydrogen-bond acceptors (Lipinski definition) is 2. The lowest BCUT2D eigenvalue weighted by Crippen LogP contribution is -2.48. The second-order valence-corrected chi connectivity index (χ2v) is 7.24. The lowest BCUT2D eigenvalue weighted by molar-refractivity contribution is -0.118. The number of amides is 1. The maximum atomic E-state index is 13.1. The van der Waals surface area contributed by atoms with Crippen LogP contribution in [0.15, 0.2) is 48.5 Å². The Labute approximate surface area is 160 Å². The molecule has 3 saturated heterocycles. The van der Waals surface area contributed by atoms with Gasteiger partial charge < -0.3 is 10.2 Å². The first-order valence-electron chi connectivity index (χ1n) is 9.05. The quantitative estimate of drug-likeness (QED) is 0.849. The zero-order chi connectivity index (χ0) is 17.2. The number of halogens is 2. The number of fused-ring (bicyclic) bond motifs is 3. The van der Waals surface area contributed by atoms with Gasteiger partial charge in [-0.2, -0.15) is 0 Å². The molecule has 138 valence electrons. The number of nitrogens with zero attached hydrogens (tertiary/aromatic N) is 1. The van der Waals surface area contributed by atoms with Crippen molar-refractivity contribution in [1.82, 2.24) is 4.90 Å². The number of rotatable bonds is 4. The number of piperidine rings is 3. The van der Waals surface area contributed by atoms with Gasteiger partial charge >= 0.3 is 0 Å². The fourth-order valence-electron chi connectivity index (χ4n) is 4.19. The van der Waals surface area contributed by atoms with Crippen LogP contribution in [-0.2, 0) is 4.79 Å². The van der Waals surface area contributed by atoms with Crippen LogP contribution in [0.4, 0.5) is 10.1 Å². The van der Waals surface area contributed by atoms with Crippen LogP contribution in [-0.4, -0.2) is 30.4 Å². The fourth-order valence-corrected chi connectivity index (χ4v) is 4.19. The Morgan fingerprint density at radius 3 is 2.46 bits per heavy atom. The van der Waals surface area contributed by atoms with Gasteiger partial charge in [0, 0.05) is 18.7 Å². The first-order chi connectivity index (χ1) is 12.2. The summed E-state index contributed by atoms with van der Waals surface area (Å²) in [7, 11) is 0. The van der Waals surface area contributed by atoms with Crippen molar-refractivity contribution < 1.29 is 9.18 Å². The Bertz CT molecular complexity index is 757. The van der Waals surface area contributed by atoms with Crippen LogP contribution in [0, 0.1) is 17.7 Å². The summed E-state index contributed by atoms with van der Waals surface area (Å²) in [6.45, 7) is 3.46. The van der Waals surface area contributed by atoms with Crippen molar-refractivity contribution in [2.24, 2.45) is 11.8 Å². The minimum absolute atomic E-state index is 0. The minimum Gasteiger partial charge on any atom is -0.326 e. The van der Waals surface area contributed by atoms with Gasteiger partial charge in [0.05, 0.1) is 0 Å². The predicted molar refractivity (Wildman–Crippen MR) is 105 cm³/mol. The van der Waals surface area contributed by atoms with Crippen LogP contribution in [0.3, 0.4) is 0 Å². The molecule has 2 bridgehead atoms. The summed E-state index contributed by atoms with van der Waals surface area (Å²) in [5, 5.41) is 3.04. The molecule has 3 nitrogen and oxygen atoms in total. The van der Waals surface area contributed by atoms with Gasteiger partial charge in [0.1, 0.15) is 5.82 Å². The lowest BCUT2D eigenvalue weighted by atomic mass is 9.77. The number of carbonyl (C=O) groups excluding carboxylic acids is 1. The van der Waals surface area contributed by atoms with E-state index < -0.39 is 0 Å². The van der Waals surface area contributed by atoms with E-state index in [9.17, 15) is 9.18 Å². The zero-order valence-corrected chi connectivity index (χ0v) is 15.5. The van der Waals surface area contributed by atoms with Crippen LogP contribution in [0.5, 0.6) is 0 Å². The molecule has 0 spiro atoms. The monoisotopic (exact) mass is 374 g/mol. The smallest absolute Gasteiger partial charge is 0.224 e. The highest BCUT2D eigenvalue weighted by atomic mass is 35.5. The Morgan fingerprint density at radius 1 is 1.08 bits per heavy atom. The van der Waals surface area contributed by atoms with Gasteiger partial charge in [-0.3, -0.25) is 4.79 Å². The summed E-state index contributed by atoms with van der Waals surface area (Å²) in [6.07, 6.45) is 3.07. The molecule has 1 atom stereocenters. The normalized spacial score (nSPS) is 24.0. The average molecular weight is 375 g/mol. The second kappa shape index (κ2) is 8.19. The van der Waals surface area contributed by atoms with Crippen LogP contribution in [0.2, 0.25) is 0 Å². The third kappa shape index (κ3) is 4.25. The SMILES string of the molecule is Cl.O=C(CC1CN2CCC1CC2)Nc1cccc(-c2ccc(F)cc2)c1. The molecule has 1 amide bonds. The topological polar surface area (TPSA) is 32.3 Å². The highest BCUT2D eigenvalue weighted by molar-refractivity contribution is 5.91. The Hall–Kier alpha value is -1.91. The van der Waals surface area contributed by atoms with E-state index in [4.69, 9.17) is 0 Å². The van der Waals surface area contributed by atoms with Gasteiger partial charge in [-0.1, -0.05) is 24.3 Å². The van der Waals surface area contributed by atoms with Gasteiger partial charge in [0.2, 0.25) is 5.91 Å². The molecule has 0 aliphatic carbocycles. The van der Waals surface area contributed by atoms with Crippen LogP contribution in [0.25, 0.3) is 11.1 Å². The van der Waals surface area contributed by atoms with Crippen molar-refractivity contribution in [3.63, 3.8) is 0 Å². The van der Waals surface area contributed by atoms with Gasteiger partial charge in [0.25, 0.3) is 0 Å². The van der Waals surface area contributed by atoms with Gasteiger partial charge in [0.15, 0.2) is 0 Å². The van der Waals surface area contributed by atoms with Crippen molar-refractivity contribution in [3.05, 3.63) is 54.3 Å². The van der Waals surface area contributed by atoms with Crippen LogP contribution in [0.1, 0.15) is 19.3 Å². The molecular weight excluding hydrogens is 351 g/mol. The number of hydrogen-bond donors (Lipinski definition) is 1. The van der Waals surface area contributed by atoms with Crippen molar-refractivity contribution in [2.75, 3.05) is 25.0 Å². The molecule has 5 heteroatoms. The Kier molecular flexibility index (Phi) is 5.94. The van der Waals surface area contributed by atoms with Crippen molar-refractivity contribution in [3.8, 4) is 11.1 Å². The van der Waals surface area contributed by atoms with Gasteiger partial charge in [-0.05, 0) is 73.2 Å². The molecule has 0 aromatic heterocycles. The Morgan fingerprint density at radius 2 is 1.81 bits per heavy atom. The fraction of sp³-hybridized carbons (Fsp3) is 0.381. The summed E-state index contributed by atoms with van der Waals surface area (Å²) in [5.41, 5.74) is 2.71.